The largest absolute Gasteiger partial charge is 0.395 e. The predicted molar refractivity (Wildman–Crippen MR) is 104 cm³/mol. The van der Waals surface area contributed by atoms with Crippen LogP contribution in [-0.2, 0) is 0 Å². The third kappa shape index (κ3) is 3.16. The molecule has 2 aromatic rings. The first-order valence-electron chi connectivity index (χ1n) is 8.73. The van der Waals surface area contributed by atoms with Gasteiger partial charge in [-0.3, -0.25) is 4.98 Å². The number of β-amino-alcohol motifs (C(OH)–C–C–N with tert-alkyl or cyclic N) is 1. The zero-order valence-electron chi connectivity index (χ0n) is 15.2. The Kier molecular flexibility index (Phi) is 5.11. The fourth-order valence-electron chi connectivity index (χ4n) is 3.99. The zero-order chi connectivity index (χ0) is 18.1. The van der Waals surface area contributed by atoms with E-state index in [-0.39, 0.29) is 18.7 Å². The molecule has 2 aromatic heterocycles. The molecule has 2 atom stereocenters. The second-order valence-corrected chi connectivity index (χ2v) is 7.22. The van der Waals surface area contributed by atoms with Crippen LogP contribution in [0.15, 0.2) is 30.5 Å². The van der Waals surface area contributed by atoms with Gasteiger partial charge in [0.25, 0.3) is 0 Å². The smallest absolute Gasteiger partial charge is 0.170 e. The molecule has 1 fully saturated rings. The lowest BCUT2D eigenvalue weighted by Gasteiger charge is -2.27. The monoisotopic (exact) mass is 358 g/mol. The van der Waals surface area contributed by atoms with Crippen LogP contribution in [0.5, 0.6) is 0 Å². The summed E-state index contributed by atoms with van der Waals surface area (Å²) in [5.41, 5.74) is 4.68. The number of nitrogens with zero attached hydrogens (tertiary/aromatic N) is 3. The summed E-state index contributed by atoms with van der Waals surface area (Å²) >= 11 is 5.56. The minimum Gasteiger partial charge on any atom is -0.395 e. The third-order valence-electron chi connectivity index (χ3n) is 4.90. The second kappa shape index (κ2) is 7.14. The summed E-state index contributed by atoms with van der Waals surface area (Å²) in [4.78, 5) is 6.63. The normalized spacial score (nSPS) is 20.4. The van der Waals surface area contributed by atoms with E-state index in [1.807, 2.05) is 24.4 Å². The van der Waals surface area contributed by atoms with Crippen molar-refractivity contribution in [3.8, 4) is 0 Å². The van der Waals surface area contributed by atoms with Gasteiger partial charge < -0.3 is 19.9 Å². The summed E-state index contributed by atoms with van der Waals surface area (Å²) in [5, 5.41) is 13.6. The van der Waals surface area contributed by atoms with Gasteiger partial charge in [0.2, 0.25) is 0 Å². The summed E-state index contributed by atoms with van der Waals surface area (Å²) in [7, 11) is 0. The van der Waals surface area contributed by atoms with E-state index in [0.717, 1.165) is 5.69 Å². The molecule has 2 N–H and O–H groups in total. The molecule has 3 rings (SSSR count). The third-order valence-corrected chi connectivity index (χ3v) is 5.25. The quantitative estimate of drug-likeness (QED) is 0.805. The molecule has 6 heteroatoms. The number of aliphatic hydroxyl groups excluding tert-OH is 1. The minimum atomic E-state index is -0.0265. The Balaban J connectivity index is 2.10. The average Bonchev–Trinajstić information content (AvgIpc) is 3.05. The number of nitrogens with one attached hydrogen (secondary N) is 1. The van der Waals surface area contributed by atoms with Crippen molar-refractivity contribution in [1.82, 2.24) is 19.8 Å². The number of hydrogen-bond acceptors (Lipinski definition) is 3. The number of aryl methyl sites for hydroxylation is 1. The van der Waals surface area contributed by atoms with E-state index in [9.17, 15) is 5.11 Å². The van der Waals surface area contributed by atoms with Gasteiger partial charge in [-0.05, 0) is 63.7 Å². The molecular weight excluding hydrogens is 332 g/mol. The zero-order valence-corrected chi connectivity index (χ0v) is 16.0. The van der Waals surface area contributed by atoms with Gasteiger partial charge in [-0.2, -0.15) is 0 Å². The van der Waals surface area contributed by atoms with Crippen LogP contribution in [0.1, 0.15) is 54.6 Å². The fraction of sp³-hybridized carbons (Fsp3) is 0.474. The Bertz CT molecular complexity index is 756. The molecule has 0 bridgehead atoms. The first kappa shape index (κ1) is 17.9. The van der Waals surface area contributed by atoms with Crippen molar-refractivity contribution in [3.63, 3.8) is 0 Å². The Morgan fingerprint density at radius 2 is 2.08 bits per heavy atom. The van der Waals surface area contributed by atoms with Gasteiger partial charge in [-0.25, -0.2) is 0 Å². The number of aromatic nitrogens is 2. The standard InChI is InChI=1S/C19H26N4OS/c1-12(2)23-13(3)11-15(14(23)4)18-17(16-7-5-6-8-20-16)21-19(25)22(18)9-10-24/h5-8,11-12,17-18,24H,9-10H2,1-4H3,(H,21,25)/t17-,18+/m0/s1. The highest BCUT2D eigenvalue weighted by Gasteiger charge is 2.41. The average molecular weight is 359 g/mol. The van der Waals surface area contributed by atoms with Crippen LogP contribution < -0.4 is 5.32 Å². The summed E-state index contributed by atoms with van der Waals surface area (Å²) in [5.74, 6) is 0. The van der Waals surface area contributed by atoms with Crippen LogP contribution in [-0.4, -0.2) is 37.8 Å². The number of aliphatic hydroxyl groups is 1. The van der Waals surface area contributed by atoms with Gasteiger partial charge in [0.1, 0.15) is 0 Å². The van der Waals surface area contributed by atoms with Gasteiger partial charge in [-0.15, -0.1) is 0 Å². The first-order valence-corrected chi connectivity index (χ1v) is 9.13. The minimum absolute atomic E-state index is 0.0215. The van der Waals surface area contributed by atoms with Crippen molar-refractivity contribution in [2.75, 3.05) is 13.2 Å². The number of thiocarbonyl (C=S) groups is 1. The fourth-order valence-corrected chi connectivity index (χ4v) is 4.32. The van der Waals surface area contributed by atoms with E-state index in [1.165, 1.54) is 17.0 Å². The van der Waals surface area contributed by atoms with E-state index >= 15 is 0 Å². The maximum atomic E-state index is 9.53. The molecule has 0 unspecified atom stereocenters. The summed E-state index contributed by atoms with van der Waals surface area (Å²) in [6.07, 6.45) is 1.81. The Labute approximate surface area is 154 Å². The summed E-state index contributed by atoms with van der Waals surface area (Å²) in [6.45, 7) is 9.27. The van der Waals surface area contributed by atoms with Gasteiger partial charge in [0.05, 0.1) is 24.4 Å². The molecule has 0 aliphatic carbocycles. The molecule has 5 nitrogen and oxygen atoms in total. The van der Waals surface area contributed by atoms with E-state index < -0.39 is 0 Å². The van der Waals surface area contributed by atoms with Crippen LogP contribution in [0.4, 0.5) is 0 Å². The van der Waals surface area contributed by atoms with Gasteiger partial charge in [-0.1, -0.05) is 6.07 Å². The number of pyridine rings is 1. The second-order valence-electron chi connectivity index (χ2n) is 6.83. The van der Waals surface area contributed by atoms with Crippen LogP contribution in [0.2, 0.25) is 0 Å². The molecule has 0 aromatic carbocycles. The molecule has 0 saturated carbocycles. The first-order chi connectivity index (χ1) is 12.0. The van der Waals surface area contributed by atoms with Crippen LogP contribution in [0, 0.1) is 13.8 Å². The van der Waals surface area contributed by atoms with Crippen molar-refractivity contribution in [2.45, 2.75) is 45.8 Å². The maximum Gasteiger partial charge on any atom is 0.170 e. The van der Waals surface area contributed by atoms with Crippen molar-refractivity contribution < 1.29 is 5.11 Å². The van der Waals surface area contributed by atoms with Crippen molar-refractivity contribution in [2.24, 2.45) is 0 Å². The van der Waals surface area contributed by atoms with Crippen molar-refractivity contribution >= 4 is 17.3 Å². The highest BCUT2D eigenvalue weighted by Crippen LogP contribution is 2.41. The molecule has 1 aliphatic heterocycles. The lowest BCUT2D eigenvalue weighted by molar-refractivity contribution is 0.222. The molecule has 0 amide bonds. The molecule has 1 saturated heterocycles. The van der Waals surface area contributed by atoms with E-state index in [0.29, 0.717) is 17.7 Å². The lowest BCUT2D eigenvalue weighted by Crippen LogP contribution is -2.32. The maximum absolute atomic E-state index is 9.53. The molecule has 0 radical (unpaired) electrons. The van der Waals surface area contributed by atoms with Gasteiger partial charge >= 0.3 is 0 Å². The lowest BCUT2D eigenvalue weighted by atomic mass is 9.97. The van der Waals surface area contributed by atoms with Crippen LogP contribution >= 0.6 is 12.2 Å². The Hall–Kier alpha value is -1.92. The van der Waals surface area contributed by atoms with E-state index in [4.69, 9.17) is 12.2 Å². The SMILES string of the molecule is Cc1cc([C@@H]2[C@H](c3ccccn3)NC(=S)N2CCO)c(C)n1C(C)C. The molecule has 134 valence electrons. The molecule has 25 heavy (non-hydrogen) atoms. The van der Waals surface area contributed by atoms with Gasteiger partial charge in [0, 0.05) is 30.2 Å². The van der Waals surface area contributed by atoms with Gasteiger partial charge in [0.15, 0.2) is 5.11 Å². The van der Waals surface area contributed by atoms with Crippen LogP contribution in [0.3, 0.4) is 0 Å². The number of hydrogen-bond donors (Lipinski definition) is 2. The van der Waals surface area contributed by atoms with Crippen LogP contribution in [0.25, 0.3) is 0 Å². The topological polar surface area (TPSA) is 53.3 Å². The molecule has 0 spiro atoms. The summed E-state index contributed by atoms with van der Waals surface area (Å²) in [6, 6.07) is 8.58. The summed E-state index contributed by atoms with van der Waals surface area (Å²) < 4.78 is 2.35. The molecule has 1 aliphatic rings. The van der Waals surface area contributed by atoms with E-state index in [2.05, 4.69) is 53.5 Å². The van der Waals surface area contributed by atoms with Crippen molar-refractivity contribution in [1.29, 1.82) is 0 Å². The molecule has 3 heterocycles. The highest BCUT2D eigenvalue weighted by molar-refractivity contribution is 7.80. The molecular formula is C19H26N4OS. The Morgan fingerprint density at radius 3 is 2.64 bits per heavy atom. The van der Waals surface area contributed by atoms with E-state index in [1.54, 1.807) is 0 Å². The number of rotatable bonds is 5. The Morgan fingerprint density at radius 1 is 1.32 bits per heavy atom. The van der Waals surface area contributed by atoms with Crippen molar-refractivity contribution in [3.05, 3.63) is 53.1 Å². The highest BCUT2D eigenvalue weighted by atomic mass is 32.1. The predicted octanol–water partition coefficient (Wildman–Crippen LogP) is 3.05.